The van der Waals surface area contributed by atoms with E-state index in [2.05, 4.69) is 0 Å². The summed E-state index contributed by atoms with van der Waals surface area (Å²) in [5.41, 5.74) is 6.71. The Labute approximate surface area is 113 Å². The first-order valence-electron chi connectivity index (χ1n) is 6.11. The Balaban J connectivity index is 2.55. The van der Waals surface area contributed by atoms with E-state index in [1.54, 1.807) is 11.8 Å². The Morgan fingerprint density at radius 3 is 2.61 bits per heavy atom. The topological polar surface area (TPSA) is 52.3 Å². The summed E-state index contributed by atoms with van der Waals surface area (Å²) in [6.45, 7) is 2.00. The van der Waals surface area contributed by atoms with Gasteiger partial charge in [-0.05, 0) is 24.7 Å². The second-order valence-electron chi connectivity index (χ2n) is 4.33. The van der Waals surface area contributed by atoms with Crippen LogP contribution in [0.15, 0.2) is 30.3 Å². The van der Waals surface area contributed by atoms with Crippen LogP contribution in [0.2, 0.25) is 0 Å². The molecular formula is C14H21NO2S. The van der Waals surface area contributed by atoms with Gasteiger partial charge in [-0.25, -0.2) is 0 Å². The van der Waals surface area contributed by atoms with Gasteiger partial charge in [-0.2, -0.15) is 11.8 Å². The largest absolute Gasteiger partial charge is 0.469 e. The molecule has 0 amide bonds. The van der Waals surface area contributed by atoms with Gasteiger partial charge in [0.25, 0.3) is 0 Å². The van der Waals surface area contributed by atoms with Crippen LogP contribution >= 0.6 is 11.8 Å². The summed E-state index contributed by atoms with van der Waals surface area (Å²) < 4.78 is 4.87. The molecule has 0 saturated heterocycles. The number of thioether (sulfide) groups is 1. The summed E-state index contributed by atoms with van der Waals surface area (Å²) in [5.74, 6) is 1.35. The lowest BCUT2D eigenvalue weighted by Gasteiger charge is -2.15. The fourth-order valence-electron chi connectivity index (χ4n) is 1.60. The van der Waals surface area contributed by atoms with E-state index in [1.807, 2.05) is 37.3 Å². The number of carbonyl (C=O) groups is 1. The van der Waals surface area contributed by atoms with Crippen molar-refractivity contribution in [1.29, 1.82) is 0 Å². The van der Waals surface area contributed by atoms with Gasteiger partial charge >= 0.3 is 5.97 Å². The number of ether oxygens (including phenoxy) is 1. The lowest BCUT2D eigenvalue weighted by Crippen LogP contribution is -2.18. The summed E-state index contributed by atoms with van der Waals surface area (Å²) in [6, 6.07) is 9.98. The third-order valence-corrected chi connectivity index (χ3v) is 3.78. The van der Waals surface area contributed by atoms with Crippen LogP contribution < -0.4 is 5.73 Å². The van der Waals surface area contributed by atoms with E-state index in [4.69, 9.17) is 10.5 Å². The van der Waals surface area contributed by atoms with Gasteiger partial charge in [0.15, 0.2) is 0 Å². The van der Waals surface area contributed by atoms with Crippen molar-refractivity contribution in [3.63, 3.8) is 0 Å². The number of hydrogen-bond donors (Lipinski definition) is 1. The Morgan fingerprint density at radius 2 is 2.06 bits per heavy atom. The van der Waals surface area contributed by atoms with Crippen molar-refractivity contribution in [3.05, 3.63) is 35.9 Å². The normalized spacial score (nSPS) is 13.9. The van der Waals surface area contributed by atoms with Crippen molar-refractivity contribution in [2.24, 2.45) is 5.73 Å². The molecule has 4 heteroatoms. The second-order valence-corrected chi connectivity index (χ2v) is 5.48. The molecule has 2 N–H and O–H groups in total. The van der Waals surface area contributed by atoms with Crippen LogP contribution in [0.25, 0.3) is 0 Å². The van der Waals surface area contributed by atoms with Crippen molar-refractivity contribution in [1.82, 2.24) is 0 Å². The van der Waals surface area contributed by atoms with Crippen molar-refractivity contribution in [2.45, 2.75) is 25.3 Å². The minimum Gasteiger partial charge on any atom is -0.469 e. The maximum atomic E-state index is 11.8. The standard InChI is InChI=1S/C14H21NO2S/c1-11(15)8-9-18-10-13(14(16)17-2)12-6-4-3-5-7-12/h3-7,11,13H,8-10,15H2,1-2H3. The van der Waals surface area contributed by atoms with Crippen molar-refractivity contribution in [3.8, 4) is 0 Å². The molecular weight excluding hydrogens is 246 g/mol. The van der Waals surface area contributed by atoms with E-state index in [0.29, 0.717) is 0 Å². The monoisotopic (exact) mass is 267 g/mol. The van der Waals surface area contributed by atoms with Gasteiger partial charge in [0, 0.05) is 11.8 Å². The Hall–Kier alpha value is -1.00. The zero-order valence-corrected chi connectivity index (χ0v) is 11.8. The van der Waals surface area contributed by atoms with E-state index >= 15 is 0 Å². The van der Waals surface area contributed by atoms with E-state index in [9.17, 15) is 4.79 Å². The minimum absolute atomic E-state index is 0.172. The van der Waals surface area contributed by atoms with Gasteiger partial charge in [-0.1, -0.05) is 30.3 Å². The Bertz CT molecular complexity index is 354. The molecule has 2 unspecified atom stereocenters. The van der Waals surface area contributed by atoms with Crippen molar-refractivity contribution < 1.29 is 9.53 Å². The summed E-state index contributed by atoms with van der Waals surface area (Å²) in [4.78, 5) is 11.8. The van der Waals surface area contributed by atoms with Gasteiger partial charge in [0.2, 0.25) is 0 Å². The van der Waals surface area contributed by atoms with Gasteiger partial charge in [-0.15, -0.1) is 0 Å². The molecule has 1 rings (SSSR count). The van der Waals surface area contributed by atoms with Crippen LogP contribution in [0.5, 0.6) is 0 Å². The number of methoxy groups -OCH3 is 1. The van der Waals surface area contributed by atoms with E-state index < -0.39 is 0 Å². The highest BCUT2D eigenvalue weighted by Gasteiger charge is 2.20. The molecule has 0 bridgehead atoms. The van der Waals surface area contributed by atoms with Crippen LogP contribution in [0.3, 0.4) is 0 Å². The minimum atomic E-state index is -0.186. The third-order valence-electron chi connectivity index (χ3n) is 2.69. The lowest BCUT2D eigenvalue weighted by atomic mass is 10.0. The van der Waals surface area contributed by atoms with Crippen LogP contribution in [0.1, 0.15) is 24.8 Å². The lowest BCUT2D eigenvalue weighted by molar-refractivity contribution is -0.141. The third kappa shape index (κ3) is 5.10. The zero-order valence-electron chi connectivity index (χ0n) is 11.0. The van der Waals surface area contributed by atoms with Gasteiger partial charge < -0.3 is 10.5 Å². The molecule has 1 aromatic rings. The molecule has 0 spiro atoms. The molecule has 0 radical (unpaired) electrons. The molecule has 18 heavy (non-hydrogen) atoms. The van der Waals surface area contributed by atoms with E-state index in [0.717, 1.165) is 23.5 Å². The first kappa shape index (κ1) is 15.1. The molecule has 0 heterocycles. The Kier molecular flexibility index (Phi) is 6.83. The highest BCUT2D eigenvalue weighted by molar-refractivity contribution is 7.99. The van der Waals surface area contributed by atoms with Gasteiger partial charge in [0.05, 0.1) is 13.0 Å². The predicted molar refractivity (Wildman–Crippen MR) is 76.8 cm³/mol. The average molecular weight is 267 g/mol. The summed E-state index contributed by atoms with van der Waals surface area (Å²) >= 11 is 1.75. The van der Waals surface area contributed by atoms with Crippen molar-refractivity contribution in [2.75, 3.05) is 18.6 Å². The molecule has 0 aliphatic heterocycles. The molecule has 0 aliphatic rings. The average Bonchev–Trinajstić information content (AvgIpc) is 2.38. The second kappa shape index (κ2) is 8.16. The summed E-state index contributed by atoms with van der Waals surface area (Å²) in [5, 5.41) is 0. The number of nitrogens with two attached hydrogens (primary N) is 1. The maximum absolute atomic E-state index is 11.8. The van der Waals surface area contributed by atoms with Crippen LogP contribution in [-0.4, -0.2) is 30.6 Å². The molecule has 1 aromatic carbocycles. The number of benzene rings is 1. The van der Waals surface area contributed by atoms with Crippen molar-refractivity contribution >= 4 is 17.7 Å². The molecule has 0 saturated carbocycles. The number of esters is 1. The van der Waals surface area contributed by atoms with Gasteiger partial charge in [-0.3, -0.25) is 4.79 Å². The molecule has 0 aromatic heterocycles. The fourth-order valence-corrected chi connectivity index (χ4v) is 2.87. The highest BCUT2D eigenvalue weighted by atomic mass is 32.2. The summed E-state index contributed by atoms with van der Waals surface area (Å²) in [7, 11) is 1.44. The van der Waals surface area contributed by atoms with Crippen LogP contribution in [0, 0.1) is 0 Å². The Morgan fingerprint density at radius 1 is 1.39 bits per heavy atom. The van der Waals surface area contributed by atoms with Gasteiger partial charge in [0.1, 0.15) is 0 Å². The SMILES string of the molecule is COC(=O)C(CSCCC(C)N)c1ccccc1. The molecule has 3 nitrogen and oxygen atoms in total. The molecule has 0 fully saturated rings. The molecule has 0 aliphatic carbocycles. The number of carbonyl (C=O) groups excluding carboxylic acids is 1. The maximum Gasteiger partial charge on any atom is 0.313 e. The van der Waals surface area contributed by atoms with Crippen LogP contribution in [-0.2, 0) is 9.53 Å². The highest BCUT2D eigenvalue weighted by Crippen LogP contribution is 2.22. The van der Waals surface area contributed by atoms with Crippen LogP contribution in [0.4, 0.5) is 0 Å². The molecule has 100 valence electrons. The quantitative estimate of drug-likeness (QED) is 0.609. The number of hydrogen-bond acceptors (Lipinski definition) is 4. The zero-order chi connectivity index (χ0) is 13.4. The number of rotatable bonds is 7. The first-order valence-corrected chi connectivity index (χ1v) is 7.26. The predicted octanol–water partition coefficient (Wildman–Crippen LogP) is 2.41. The fraction of sp³-hybridized carbons (Fsp3) is 0.500. The van der Waals surface area contributed by atoms with E-state index in [1.165, 1.54) is 7.11 Å². The summed E-state index contributed by atoms with van der Waals surface area (Å²) in [6.07, 6.45) is 0.966. The molecule has 2 atom stereocenters. The first-order chi connectivity index (χ1) is 8.65. The smallest absolute Gasteiger partial charge is 0.313 e. The van der Waals surface area contributed by atoms with E-state index in [-0.39, 0.29) is 17.9 Å².